The molecule has 6 nitrogen and oxygen atoms in total. The minimum absolute atomic E-state index is 0.151. The van der Waals surface area contributed by atoms with Gasteiger partial charge in [0, 0.05) is 31.1 Å². The lowest BCUT2D eigenvalue weighted by Crippen LogP contribution is -2.28. The molecule has 1 fully saturated rings. The molecule has 0 N–H and O–H groups in total. The van der Waals surface area contributed by atoms with E-state index in [0.29, 0.717) is 17.6 Å². The first-order valence-electron chi connectivity index (χ1n) is 9.81. The zero-order chi connectivity index (χ0) is 20.9. The Bertz CT molecular complexity index is 1130. The van der Waals surface area contributed by atoms with Gasteiger partial charge in [0.15, 0.2) is 0 Å². The number of imide groups is 1. The number of aromatic nitrogens is 1. The van der Waals surface area contributed by atoms with Crippen LogP contribution in [0.3, 0.4) is 0 Å². The highest BCUT2D eigenvalue weighted by Crippen LogP contribution is 2.16. The van der Waals surface area contributed by atoms with Gasteiger partial charge in [-0.3, -0.25) is 19.3 Å². The molecule has 1 aliphatic heterocycles. The summed E-state index contributed by atoms with van der Waals surface area (Å²) in [5.74, 6) is -0.646. The highest BCUT2D eigenvalue weighted by molar-refractivity contribution is 6.01. The van der Waals surface area contributed by atoms with Gasteiger partial charge in [-0.25, -0.2) is 0 Å². The molecule has 2 aromatic carbocycles. The smallest absolute Gasteiger partial charge is 0.278 e. The van der Waals surface area contributed by atoms with E-state index in [1.54, 1.807) is 30.3 Å². The minimum atomic E-state index is -0.345. The Kier molecular flexibility index (Phi) is 5.66. The lowest BCUT2D eigenvalue weighted by molar-refractivity contribution is -0.139. The van der Waals surface area contributed by atoms with E-state index in [9.17, 15) is 14.4 Å². The van der Waals surface area contributed by atoms with Gasteiger partial charge >= 0.3 is 0 Å². The van der Waals surface area contributed by atoms with Crippen LogP contribution in [-0.4, -0.2) is 27.2 Å². The molecule has 4 rings (SSSR count). The fourth-order valence-corrected chi connectivity index (χ4v) is 3.39. The van der Waals surface area contributed by atoms with Gasteiger partial charge in [-0.05, 0) is 35.4 Å². The normalized spacial score (nSPS) is 14.4. The van der Waals surface area contributed by atoms with Crippen molar-refractivity contribution < 1.29 is 14.4 Å². The summed E-state index contributed by atoms with van der Waals surface area (Å²) in [6.07, 6.45) is 2.44. The van der Waals surface area contributed by atoms with Crippen LogP contribution < -0.4 is 5.49 Å². The fraction of sp³-hybridized carbons (Fsp3) is 0.167. The molecule has 6 heteroatoms. The van der Waals surface area contributed by atoms with E-state index in [1.165, 1.54) is 4.90 Å². The summed E-state index contributed by atoms with van der Waals surface area (Å²) in [5, 5.41) is 0. The number of nitrogens with zero attached hydrogens (tertiary/aromatic N) is 3. The molecule has 1 saturated heterocycles. The Morgan fingerprint density at radius 3 is 2.10 bits per heavy atom. The zero-order valence-electron chi connectivity index (χ0n) is 16.4. The molecule has 30 heavy (non-hydrogen) atoms. The predicted octanol–water partition coefficient (Wildman–Crippen LogP) is 2.93. The highest BCUT2D eigenvalue weighted by atomic mass is 16.2. The van der Waals surface area contributed by atoms with Crippen LogP contribution in [0.4, 0.5) is 0 Å². The van der Waals surface area contributed by atoms with E-state index in [1.807, 2.05) is 53.2 Å². The lowest BCUT2D eigenvalue weighted by Gasteiger charge is -2.13. The van der Waals surface area contributed by atoms with Crippen LogP contribution in [0.15, 0.2) is 84.0 Å². The Balaban J connectivity index is 1.52. The average Bonchev–Trinajstić information content (AvgIpc) is 3.08. The second kappa shape index (κ2) is 8.69. The summed E-state index contributed by atoms with van der Waals surface area (Å²) >= 11 is 0. The van der Waals surface area contributed by atoms with Gasteiger partial charge in [-0.15, -0.1) is 0 Å². The zero-order valence-corrected chi connectivity index (χ0v) is 16.4. The SMILES string of the molecule is O=C(N=c1ccccn1Cc1ccccc1)c1ccc(CN2C(=O)CCC2=O)cc1. The maximum Gasteiger partial charge on any atom is 0.278 e. The van der Waals surface area contributed by atoms with Gasteiger partial charge in [0.05, 0.1) is 6.54 Å². The Morgan fingerprint density at radius 2 is 1.40 bits per heavy atom. The van der Waals surface area contributed by atoms with Crippen LogP contribution in [0.1, 0.15) is 34.3 Å². The van der Waals surface area contributed by atoms with E-state index < -0.39 is 0 Å². The van der Waals surface area contributed by atoms with Crippen molar-refractivity contribution in [2.75, 3.05) is 0 Å². The van der Waals surface area contributed by atoms with Crippen molar-refractivity contribution in [2.45, 2.75) is 25.9 Å². The van der Waals surface area contributed by atoms with Gasteiger partial charge in [-0.1, -0.05) is 48.5 Å². The molecule has 0 bridgehead atoms. The molecule has 150 valence electrons. The number of rotatable bonds is 5. The number of hydrogen-bond acceptors (Lipinski definition) is 3. The maximum atomic E-state index is 12.7. The molecule has 1 aliphatic rings. The molecular weight excluding hydrogens is 378 g/mol. The molecule has 3 amide bonds. The molecule has 0 spiro atoms. The van der Waals surface area contributed by atoms with E-state index in [0.717, 1.165) is 11.1 Å². The van der Waals surface area contributed by atoms with Crippen LogP contribution in [0, 0.1) is 0 Å². The minimum Gasteiger partial charge on any atom is -0.328 e. The molecule has 2 heterocycles. The fourth-order valence-electron chi connectivity index (χ4n) is 3.39. The second-order valence-electron chi connectivity index (χ2n) is 7.16. The third-order valence-corrected chi connectivity index (χ3v) is 5.02. The third-order valence-electron chi connectivity index (χ3n) is 5.02. The van der Waals surface area contributed by atoms with Crippen molar-refractivity contribution in [2.24, 2.45) is 4.99 Å². The third kappa shape index (κ3) is 4.43. The van der Waals surface area contributed by atoms with E-state index >= 15 is 0 Å². The first-order chi connectivity index (χ1) is 14.6. The first kappa shape index (κ1) is 19.5. The largest absolute Gasteiger partial charge is 0.328 e. The number of benzene rings is 2. The van der Waals surface area contributed by atoms with Crippen LogP contribution in [0.5, 0.6) is 0 Å². The molecule has 0 saturated carbocycles. The van der Waals surface area contributed by atoms with Crippen LogP contribution in [0.2, 0.25) is 0 Å². The number of hydrogen-bond donors (Lipinski definition) is 0. The van der Waals surface area contributed by atoms with Crippen molar-refractivity contribution in [3.05, 3.63) is 101 Å². The van der Waals surface area contributed by atoms with Crippen molar-refractivity contribution in [3.8, 4) is 0 Å². The topological polar surface area (TPSA) is 71.7 Å². The molecule has 3 aromatic rings. The number of amides is 3. The van der Waals surface area contributed by atoms with Crippen LogP contribution >= 0.6 is 0 Å². The quantitative estimate of drug-likeness (QED) is 0.620. The van der Waals surface area contributed by atoms with Crippen molar-refractivity contribution >= 4 is 17.7 Å². The van der Waals surface area contributed by atoms with Gasteiger partial charge in [0.1, 0.15) is 5.49 Å². The number of likely N-dealkylation sites (tertiary alicyclic amines) is 1. The van der Waals surface area contributed by atoms with Gasteiger partial charge < -0.3 is 4.57 Å². The Morgan fingerprint density at radius 1 is 0.767 bits per heavy atom. The van der Waals surface area contributed by atoms with Crippen molar-refractivity contribution in [1.82, 2.24) is 9.47 Å². The second-order valence-corrected chi connectivity index (χ2v) is 7.16. The summed E-state index contributed by atoms with van der Waals surface area (Å²) < 4.78 is 1.92. The molecular formula is C24H21N3O3. The molecule has 1 aromatic heterocycles. The molecule has 0 radical (unpaired) electrons. The first-order valence-corrected chi connectivity index (χ1v) is 9.81. The molecule has 0 aliphatic carbocycles. The lowest BCUT2D eigenvalue weighted by atomic mass is 10.1. The average molecular weight is 399 g/mol. The van der Waals surface area contributed by atoms with Gasteiger partial charge in [0.25, 0.3) is 5.91 Å². The Hall–Kier alpha value is -3.80. The number of pyridine rings is 1. The summed E-state index contributed by atoms with van der Waals surface area (Å²) in [5.41, 5.74) is 2.94. The predicted molar refractivity (Wildman–Crippen MR) is 111 cm³/mol. The van der Waals surface area contributed by atoms with Crippen molar-refractivity contribution in [1.29, 1.82) is 0 Å². The Labute approximate surface area is 174 Å². The van der Waals surface area contributed by atoms with E-state index in [-0.39, 0.29) is 37.1 Å². The summed E-state index contributed by atoms with van der Waals surface area (Å²) in [4.78, 5) is 41.8. The molecule has 0 unspecified atom stereocenters. The number of carbonyl (C=O) groups is 3. The van der Waals surface area contributed by atoms with Crippen LogP contribution in [0.25, 0.3) is 0 Å². The molecule has 0 atom stereocenters. The highest BCUT2D eigenvalue weighted by Gasteiger charge is 2.28. The maximum absolute atomic E-state index is 12.7. The van der Waals surface area contributed by atoms with Gasteiger partial charge in [-0.2, -0.15) is 4.99 Å². The number of carbonyl (C=O) groups excluding carboxylic acids is 3. The van der Waals surface area contributed by atoms with Crippen LogP contribution in [-0.2, 0) is 22.7 Å². The van der Waals surface area contributed by atoms with E-state index in [2.05, 4.69) is 4.99 Å². The standard InChI is InChI=1S/C24H21N3O3/c28-22-13-14-23(29)27(22)17-19-9-11-20(12-10-19)24(30)25-21-8-4-5-15-26(21)16-18-6-2-1-3-7-18/h1-12,15H,13-14,16-17H2. The van der Waals surface area contributed by atoms with Gasteiger partial charge in [0.2, 0.25) is 11.8 Å². The summed E-state index contributed by atoms with van der Waals surface area (Å²) in [6, 6.07) is 22.4. The monoisotopic (exact) mass is 399 g/mol. The van der Waals surface area contributed by atoms with Crippen molar-refractivity contribution in [3.63, 3.8) is 0 Å². The summed E-state index contributed by atoms with van der Waals surface area (Å²) in [7, 11) is 0. The van der Waals surface area contributed by atoms with E-state index in [4.69, 9.17) is 0 Å². The summed E-state index contributed by atoms with van der Waals surface area (Å²) in [6.45, 7) is 0.851.